The first-order valence-electron chi connectivity index (χ1n) is 3.90. The summed E-state index contributed by atoms with van der Waals surface area (Å²) in [6, 6.07) is 0. The standard InChI is InChI=1S/C8H15N3O/c1-6-4-11(3)10-7(6)8(2,12)5-9/h4,12H,5,9H2,1-3H3. The highest BCUT2D eigenvalue weighted by Gasteiger charge is 2.25. The smallest absolute Gasteiger partial charge is 0.118 e. The predicted molar refractivity (Wildman–Crippen MR) is 46.6 cm³/mol. The largest absolute Gasteiger partial charge is 0.382 e. The van der Waals surface area contributed by atoms with Gasteiger partial charge in [0.25, 0.3) is 0 Å². The number of aromatic nitrogens is 2. The molecule has 0 saturated carbocycles. The number of aliphatic hydroxyl groups is 1. The topological polar surface area (TPSA) is 64.1 Å². The molecule has 0 fully saturated rings. The third-order valence-electron chi connectivity index (χ3n) is 1.92. The molecule has 12 heavy (non-hydrogen) atoms. The number of hydrogen-bond donors (Lipinski definition) is 2. The Labute approximate surface area is 72.0 Å². The summed E-state index contributed by atoms with van der Waals surface area (Å²) in [6.07, 6.45) is 1.86. The highest BCUT2D eigenvalue weighted by Crippen LogP contribution is 2.20. The van der Waals surface area contributed by atoms with E-state index < -0.39 is 5.60 Å². The zero-order chi connectivity index (χ0) is 9.35. The monoisotopic (exact) mass is 169 g/mol. The van der Waals surface area contributed by atoms with E-state index in [1.807, 2.05) is 20.2 Å². The van der Waals surface area contributed by atoms with Crippen molar-refractivity contribution in [3.05, 3.63) is 17.5 Å². The minimum Gasteiger partial charge on any atom is -0.382 e. The number of rotatable bonds is 2. The molecule has 1 aromatic rings. The maximum absolute atomic E-state index is 9.79. The Bertz CT molecular complexity index is 278. The molecule has 4 nitrogen and oxygen atoms in total. The minimum absolute atomic E-state index is 0.185. The van der Waals surface area contributed by atoms with Crippen molar-refractivity contribution in [1.82, 2.24) is 9.78 Å². The van der Waals surface area contributed by atoms with Crippen LogP contribution in [-0.4, -0.2) is 21.4 Å². The average molecular weight is 169 g/mol. The fourth-order valence-corrected chi connectivity index (χ4v) is 1.24. The van der Waals surface area contributed by atoms with Gasteiger partial charge in [0.05, 0.1) is 5.69 Å². The fraction of sp³-hybridized carbons (Fsp3) is 0.625. The second kappa shape index (κ2) is 2.88. The van der Waals surface area contributed by atoms with Gasteiger partial charge >= 0.3 is 0 Å². The zero-order valence-electron chi connectivity index (χ0n) is 7.70. The van der Waals surface area contributed by atoms with Crippen LogP contribution in [0.3, 0.4) is 0 Å². The summed E-state index contributed by atoms with van der Waals surface area (Å²) in [7, 11) is 1.82. The lowest BCUT2D eigenvalue weighted by Gasteiger charge is -2.19. The van der Waals surface area contributed by atoms with Crippen LogP contribution in [0, 0.1) is 6.92 Å². The van der Waals surface area contributed by atoms with Crippen molar-refractivity contribution < 1.29 is 5.11 Å². The normalized spacial score (nSPS) is 16.1. The van der Waals surface area contributed by atoms with Crippen molar-refractivity contribution in [2.45, 2.75) is 19.4 Å². The Morgan fingerprint density at radius 1 is 1.75 bits per heavy atom. The molecule has 0 aliphatic carbocycles. The van der Waals surface area contributed by atoms with E-state index in [1.54, 1.807) is 11.6 Å². The Morgan fingerprint density at radius 3 is 2.67 bits per heavy atom. The highest BCUT2D eigenvalue weighted by atomic mass is 16.3. The van der Waals surface area contributed by atoms with Gasteiger partial charge < -0.3 is 10.8 Å². The molecule has 1 heterocycles. The molecule has 3 N–H and O–H groups in total. The van der Waals surface area contributed by atoms with Crippen LogP contribution >= 0.6 is 0 Å². The Kier molecular flexibility index (Phi) is 2.21. The molecule has 4 heteroatoms. The van der Waals surface area contributed by atoms with Crippen molar-refractivity contribution in [3.8, 4) is 0 Å². The predicted octanol–water partition coefficient (Wildman–Crippen LogP) is -0.105. The number of nitrogens with zero attached hydrogens (tertiary/aromatic N) is 2. The minimum atomic E-state index is -1.01. The molecule has 1 aromatic heterocycles. The molecule has 0 aliphatic heterocycles. The lowest BCUT2D eigenvalue weighted by atomic mass is 10.0. The second-order valence-corrected chi connectivity index (χ2v) is 3.31. The molecule has 0 bridgehead atoms. The van der Waals surface area contributed by atoms with Gasteiger partial charge in [0.15, 0.2) is 0 Å². The molecule has 0 aromatic carbocycles. The third kappa shape index (κ3) is 1.49. The summed E-state index contributed by atoms with van der Waals surface area (Å²) in [5.74, 6) is 0. The van der Waals surface area contributed by atoms with Crippen LogP contribution in [0.5, 0.6) is 0 Å². The summed E-state index contributed by atoms with van der Waals surface area (Å²) >= 11 is 0. The lowest BCUT2D eigenvalue weighted by Crippen LogP contribution is -2.32. The quantitative estimate of drug-likeness (QED) is 0.649. The van der Waals surface area contributed by atoms with E-state index in [9.17, 15) is 5.11 Å². The summed E-state index contributed by atoms with van der Waals surface area (Å²) in [5, 5.41) is 13.9. The van der Waals surface area contributed by atoms with Crippen LogP contribution in [0.15, 0.2) is 6.20 Å². The zero-order valence-corrected chi connectivity index (χ0v) is 7.70. The number of hydrogen-bond acceptors (Lipinski definition) is 3. The van der Waals surface area contributed by atoms with Gasteiger partial charge in [0, 0.05) is 19.8 Å². The van der Waals surface area contributed by atoms with E-state index in [0.29, 0.717) is 5.69 Å². The highest BCUT2D eigenvalue weighted by molar-refractivity contribution is 5.21. The Morgan fingerprint density at radius 2 is 2.33 bits per heavy atom. The van der Waals surface area contributed by atoms with Gasteiger partial charge in [-0.1, -0.05) is 0 Å². The molecule has 1 rings (SSSR count). The number of aryl methyl sites for hydroxylation is 2. The molecule has 0 aliphatic rings. The van der Waals surface area contributed by atoms with Gasteiger partial charge in [0.1, 0.15) is 5.60 Å². The van der Waals surface area contributed by atoms with Crippen molar-refractivity contribution in [3.63, 3.8) is 0 Å². The van der Waals surface area contributed by atoms with Crippen LogP contribution in [0.4, 0.5) is 0 Å². The molecule has 0 saturated heterocycles. The van der Waals surface area contributed by atoms with Gasteiger partial charge in [0.2, 0.25) is 0 Å². The number of nitrogens with two attached hydrogens (primary N) is 1. The van der Waals surface area contributed by atoms with Gasteiger partial charge in [-0.05, 0) is 19.4 Å². The first kappa shape index (κ1) is 9.22. The molecular weight excluding hydrogens is 154 g/mol. The van der Waals surface area contributed by atoms with Crippen LogP contribution < -0.4 is 5.73 Å². The second-order valence-electron chi connectivity index (χ2n) is 3.31. The lowest BCUT2D eigenvalue weighted by molar-refractivity contribution is 0.0610. The summed E-state index contributed by atoms with van der Waals surface area (Å²) in [6.45, 7) is 3.76. The van der Waals surface area contributed by atoms with Crippen molar-refractivity contribution in [2.75, 3.05) is 6.54 Å². The Hall–Kier alpha value is -0.870. The summed E-state index contributed by atoms with van der Waals surface area (Å²) in [5.41, 5.74) is 6.03. The van der Waals surface area contributed by atoms with Crippen molar-refractivity contribution in [1.29, 1.82) is 0 Å². The van der Waals surface area contributed by atoms with Crippen molar-refractivity contribution >= 4 is 0 Å². The van der Waals surface area contributed by atoms with E-state index in [4.69, 9.17) is 5.73 Å². The molecule has 0 amide bonds. The van der Waals surface area contributed by atoms with Crippen LogP contribution in [0.2, 0.25) is 0 Å². The van der Waals surface area contributed by atoms with Gasteiger partial charge in [-0.3, -0.25) is 4.68 Å². The summed E-state index contributed by atoms with van der Waals surface area (Å²) in [4.78, 5) is 0. The maximum Gasteiger partial charge on any atom is 0.118 e. The van der Waals surface area contributed by atoms with E-state index in [-0.39, 0.29) is 6.54 Å². The Balaban J connectivity index is 3.09. The van der Waals surface area contributed by atoms with Crippen LogP contribution in [-0.2, 0) is 12.6 Å². The molecule has 1 atom stereocenters. The van der Waals surface area contributed by atoms with Gasteiger partial charge in [-0.25, -0.2) is 0 Å². The van der Waals surface area contributed by atoms with Gasteiger partial charge in [-0.15, -0.1) is 0 Å². The van der Waals surface area contributed by atoms with Crippen LogP contribution in [0.1, 0.15) is 18.2 Å². The van der Waals surface area contributed by atoms with Crippen molar-refractivity contribution in [2.24, 2.45) is 12.8 Å². The molecular formula is C8H15N3O. The average Bonchev–Trinajstić information content (AvgIpc) is 2.31. The molecule has 0 radical (unpaired) electrons. The SMILES string of the molecule is Cc1cn(C)nc1C(C)(O)CN. The molecule has 68 valence electrons. The third-order valence-corrected chi connectivity index (χ3v) is 1.92. The van der Waals surface area contributed by atoms with Crippen LogP contribution in [0.25, 0.3) is 0 Å². The summed E-state index contributed by atoms with van der Waals surface area (Å²) < 4.78 is 1.68. The molecule has 1 unspecified atom stereocenters. The van der Waals surface area contributed by atoms with Gasteiger partial charge in [-0.2, -0.15) is 5.10 Å². The first-order chi connectivity index (χ1) is 5.47. The maximum atomic E-state index is 9.79. The first-order valence-corrected chi connectivity index (χ1v) is 3.90. The fourth-order valence-electron chi connectivity index (χ4n) is 1.24. The van der Waals surface area contributed by atoms with E-state index >= 15 is 0 Å². The molecule has 0 spiro atoms. The van der Waals surface area contributed by atoms with E-state index in [0.717, 1.165) is 5.56 Å². The van der Waals surface area contributed by atoms with E-state index in [1.165, 1.54) is 0 Å². The van der Waals surface area contributed by atoms with E-state index in [2.05, 4.69) is 5.10 Å².